The van der Waals surface area contributed by atoms with Crippen molar-refractivity contribution in [2.45, 2.75) is 23.6 Å². The molecule has 0 aliphatic carbocycles. The van der Waals surface area contributed by atoms with Crippen molar-refractivity contribution >= 4 is 56.3 Å². The Morgan fingerprint density at radius 3 is 1.05 bits per heavy atom. The van der Waals surface area contributed by atoms with Crippen molar-refractivity contribution in [2.75, 3.05) is 0 Å². The van der Waals surface area contributed by atoms with Gasteiger partial charge in [-0.25, -0.2) is 8.42 Å². The van der Waals surface area contributed by atoms with Gasteiger partial charge in [-0.2, -0.15) is 0 Å². The van der Waals surface area contributed by atoms with E-state index in [1.807, 2.05) is 38.1 Å². The van der Waals surface area contributed by atoms with E-state index in [1.54, 1.807) is 24.3 Å². The summed E-state index contributed by atoms with van der Waals surface area (Å²) in [5, 5.41) is 0. The van der Waals surface area contributed by atoms with E-state index >= 15 is 0 Å². The van der Waals surface area contributed by atoms with E-state index in [-0.39, 0.29) is 34.1 Å². The van der Waals surface area contributed by atoms with Gasteiger partial charge in [-0.15, -0.1) is 0 Å². The summed E-state index contributed by atoms with van der Waals surface area (Å²) in [6, 6.07) is 13.8. The number of rotatable bonds is 2. The topological polar surface area (TPSA) is 74.6 Å². The van der Waals surface area contributed by atoms with Gasteiger partial charge in [-0.3, -0.25) is 0 Å². The first-order chi connectivity index (χ1) is 9.40. The van der Waals surface area contributed by atoms with E-state index < -0.39 is 22.2 Å². The molecule has 4 radical (unpaired) electrons. The molecule has 0 bridgehead atoms. The summed E-state index contributed by atoms with van der Waals surface area (Å²) in [6.07, 6.45) is 0. The third-order valence-corrected chi connectivity index (χ3v) is 3.80. The molecule has 2 rings (SSSR count). The molecule has 0 aliphatic heterocycles. The summed E-state index contributed by atoms with van der Waals surface area (Å²) in [6.45, 7) is 3.87. The molecule has 2 unspecified atom stereocenters. The average Bonchev–Trinajstić information content (AvgIpc) is 2.40. The van der Waals surface area contributed by atoms with Crippen LogP contribution in [0.5, 0.6) is 0 Å². The normalized spacial score (nSPS) is 11.8. The zero-order chi connectivity index (χ0) is 15.1. The largest absolute Gasteiger partial charge is 0.302 e. The zero-order valence-electron chi connectivity index (χ0n) is 12.0. The van der Waals surface area contributed by atoms with Crippen LogP contribution in [0, 0.1) is 13.8 Å². The smallest absolute Gasteiger partial charge is 0.186 e. The van der Waals surface area contributed by atoms with Gasteiger partial charge in [0.05, 0.1) is 9.79 Å². The Morgan fingerprint density at radius 1 is 0.636 bits per heavy atom. The molecular formula is C14H16O4S2Se2. The van der Waals surface area contributed by atoms with Crippen molar-refractivity contribution in [1.82, 2.24) is 0 Å². The van der Waals surface area contributed by atoms with Gasteiger partial charge in [0.2, 0.25) is 0 Å². The molecule has 2 atom stereocenters. The van der Waals surface area contributed by atoms with Crippen LogP contribution in [-0.2, 0) is 22.2 Å². The second kappa shape index (κ2) is 12.2. The maximum atomic E-state index is 10.4. The summed E-state index contributed by atoms with van der Waals surface area (Å²) in [4.78, 5) is 0.899. The second-order valence-corrected chi connectivity index (χ2v) is 6.06. The Morgan fingerprint density at radius 2 is 0.864 bits per heavy atom. The van der Waals surface area contributed by atoms with Crippen LogP contribution in [0.1, 0.15) is 11.1 Å². The molecule has 2 aromatic rings. The van der Waals surface area contributed by atoms with Gasteiger partial charge in [0.25, 0.3) is 0 Å². The van der Waals surface area contributed by atoms with Crippen molar-refractivity contribution in [3.8, 4) is 0 Å². The van der Waals surface area contributed by atoms with Gasteiger partial charge in [0, 0.05) is 34.1 Å². The van der Waals surface area contributed by atoms with Gasteiger partial charge in [-0.05, 0) is 38.1 Å². The molecule has 0 heterocycles. The van der Waals surface area contributed by atoms with Crippen LogP contribution >= 0.6 is 0 Å². The molecule has 0 spiro atoms. The molecule has 0 aliphatic rings. The summed E-state index contributed by atoms with van der Waals surface area (Å²) in [5.74, 6) is 0. The molecule has 2 aromatic carbocycles. The molecule has 22 heavy (non-hydrogen) atoms. The third-order valence-electron chi connectivity index (χ3n) is 2.45. The van der Waals surface area contributed by atoms with Crippen LogP contribution in [0.2, 0.25) is 0 Å². The molecule has 2 N–H and O–H groups in total. The minimum atomic E-state index is -1.84. The maximum Gasteiger partial charge on any atom is 0.186 e. The second-order valence-electron chi connectivity index (χ2n) is 4.12. The first kappa shape index (κ1) is 24.0. The standard InChI is InChI=1S/2C7H8O2S.2Se/c2*1-6-2-4-7(5-3-6)10(8)9;;/h2*2-5H,1H3,(H,8,9);;. The fourth-order valence-electron chi connectivity index (χ4n) is 1.31. The van der Waals surface area contributed by atoms with Crippen LogP contribution in [0.15, 0.2) is 58.3 Å². The summed E-state index contributed by atoms with van der Waals surface area (Å²) >= 11 is -3.67. The molecule has 0 saturated carbocycles. The summed E-state index contributed by atoms with van der Waals surface area (Å²) in [5.41, 5.74) is 2.18. The van der Waals surface area contributed by atoms with Crippen LogP contribution in [-0.4, -0.2) is 51.7 Å². The Kier molecular flexibility index (Phi) is 13.2. The van der Waals surface area contributed by atoms with Gasteiger partial charge in [0.1, 0.15) is 0 Å². The summed E-state index contributed by atoms with van der Waals surface area (Å²) in [7, 11) is 0. The Hall–Kier alpha value is -0.301. The fourth-order valence-corrected chi connectivity index (χ4v) is 2.05. The molecule has 0 amide bonds. The maximum absolute atomic E-state index is 10.4. The quantitative estimate of drug-likeness (QED) is 0.523. The third kappa shape index (κ3) is 8.98. The minimum absolute atomic E-state index is 0. The van der Waals surface area contributed by atoms with Gasteiger partial charge in [-0.1, -0.05) is 35.4 Å². The van der Waals surface area contributed by atoms with Gasteiger partial charge >= 0.3 is 0 Å². The van der Waals surface area contributed by atoms with Crippen LogP contribution in [0.3, 0.4) is 0 Å². The molecular weight excluding hydrogens is 454 g/mol. The van der Waals surface area contributed by atoms with Crippen LogP contribution in [0.25, 0.3) is 0 Å². The Labute approximate surface area is 156 Å². The molecule has 4 nitrogen and oxygen atoms in total. The van der Waals surface area contributed by atoms with E-state index in [2.05, 4.69) is 0 Å². The Balaban J connectivity index is 0. The van der Waals surface area contributed by atoms with Crippen LogP contribution in [0.4, 0.5) is 0 Å². The minimum Gasteiger partial charge on any atom is -0.302 e. The monoisotopic (exact) mass is 472 g/mol. The number of hydrogen-bond donors (Lipinski definition) is 2. The molecule has 0 saturated heterocycles. The van der Waals surface area contributed by atoms with Gasteiger partial charge in [0.15, 0.2) is 22.2 Å². The van der Waals surface area contributed by atoms with Crippen molar-refractivity contribution in [1.29, 1.82) is 0 Å². The molecule has 120 valence electrons. The number of hydrogen-bond acceptors (Lipinski definition) is 2. The van der Waals surface area contributed by atoms with E-state index in [1.165, 1.54) is 0 Å². The SMILES string of the molecule is Cc1ccc(S(=O)O)cc1.Cc1ccc(S(=O)O)cc1.[Se].[Se]. The zero-order valence-corrected chi connectivity index (χ0v) is 17.0. The number of aryl methyl sites for hydroxylation is 2. The van der Waals surface area contributed by atoms with Crippen molar-refractivity contribution in [3.63, 3.8) is 0 Å². The summed E-state index contributed by atoms with van der Waals surface area (Å²) < 4.78 is 38.0. The molecule has 8 heteroatoms. The van der Waals surface area contributed by atoms with E-state index in [0.717, 1.165) is 11.1 Å². The number of benzene rings is 2. The average molecular weight is 470 g/mol. The van der Waals surface area contributed by atoms with Gasteiger partial charge < -0.3 is 9.11 Å². The Bertz CT molecular complexity index is 546. The van der Waals surface area contributed by atoms with Crippen molar-refractivity contribution < 1.29 is 17.5 Å². The van der Waals surface area contributed by atoms with Crippen LogP contribution < -0.4 is 0 Å². The van der Waals surface area contributed by atoms with Crippen molar-refractivity contribution in [3.05, 3.63) is 59.7 Å². The fraction of sp³-hybridized carbons (Fsp3) is 0.143. The molecule has 0 aromatic heterocycles. The first-order valence-corrected chi connectivity index (χ1v) is 7.96. The first-order valence-electron chi connectivity index (χ1n) is 5.75. The predicted octanol–water partition coefficient (Wildman–Crippen LogP) is 2.39. The van der Waals surface area contributed by atoms with E-state index in [9.17, 15) is 8.42 Å². The molecule has 0 fully saturated rings. The van der Waals surface area contributed by atoms with E-state index in [4.69, 9.17) is 9.11 Å². The predicted molar refractivity (Wildman–Crippen MR) is 91.9 cm³/mol. The van der Waals surface area contributed by atoms with Crippen molar-refractivity contribution in [2.24, 2.45) is 0 Å². The van der Waals surface area contributed by atoms with E-state index in [0.29, 0.717) is 9.79 Å².